The lowest BCUT2D eigenvalue weighted by Gasteiger charge is -2.18. The Bertz CT molecular complexity index is 214. The van der Waals surface area contributed by atoms with E-state index >= 15 is 0 Å². The Morgan fingerprint density at radius 2 is 1.23 bits per heavy atom. The molecule has 2 unspecified atom stereocenters. The Hall–Kier alpha value is 0.420. The van der Waals surface area contributed by atoms with Gasteiger partial charge in [0.1, 0.15) is 0 Å². The van der Waals surface area contributed by atoms with Crippen molar-refractivity contribution in [2.75, 3.05) is 25.7 Å². The van der Waals surface area contributed by atoms with Crippen molar-refractivity contribution in [2.24, 2.45) is 0 Å². The summed E-state index contributed by atoms with van der Waals surface area (Å²) in [5.74, 6) is 0. The molecule has 0 fully saturated rings. The third-order valence-corrected chi connectivity index (χ3v) is 6.89. The van der Waals surface area contributed by atoms with Crippen LogP contribution in [0.3, 0.4) is 0 Å². The number of hydrogen-bond acceptors (Lipinski definition) is 3. The summed E-state index contributed by atoms with van der Waals surface area (Å²) in [7, 11) is -5.21. The second kappa shape index (κ2) is 5.34. The molecule has 13 heavy (non-hydrogen) atoms. The maximum Gasteiger partial charge on any atom is 0.205 e. The van der Waals surface area contributed by atoms with Gasteiger partial charge in [0.15, 0.2) is 0 Å². The van der Waals surface area contributed by atoms with Gasteiger partial charge in [-0.3, -0.25) is 13.4 Å². The van der Waals surface area contributed by atoms with Crippen LogP contribution >= 0.6 is 14.7 Å². The van der Waals surface area contributed by atoms with E-state index in [1.165, 1.54) is 0 Å². The Labute approximate surface area is 81.2 Å². The lowest BCUT2D eigenvalue weighted by molar-refractivity contribution is 0.463. The van der Waals surface area contributed by atoms with E-state index in [1.807, 2.05) is 13.8 Å². The lowest BCUT2D eigenvalue weighted by Crippen LogP contribution is -1.94. The monoisotopic (exact) mass is 226 g/mol. The minimum absolute atomic E-state index is 0.522. The first kappa shape index (κ1) is 13.4. The Morgan fingerprint density at radius 3 is 1.46 bits per heavy atom. The molecule has 0 radical (unpaired) electrons. The fraction of sp³-hybridized carbons (Fsp3) is 1.00. The molecule has 0 saturated carbocycles. The van der Waals surface area contributed by atoms with E-state index in [2.05, 4.69) is 0 Å². The minimum atomic E-state index is -2.61. The molecular weight excluding hydrogens is 206 g/mol. The van der Waals surface area contributed by atoms with Crippen molar-refractivity contribution in [3.63, 3.8) is 0 Å². The first-order valence-electron chi connectivity index (χ1n) is 4.67. The third kappa shape index (κ3) is 6.49. The molecule has 3 nitrogen and oxygen atoms in total. The first-order chi connectivity index (χ1) is 5.83. The summed E-state index contributed by atoms with van der Waals surface area (Å²) in [5.41, 5.74) is 0. The molecule has 2 atom stereocenters. The molecule has 5 heteroatoms. The van der Waals surface area contributed by atoms with Gasteiger partial charge in [0.25, 0.3) is 0 Å². The molecule has 0 saturated heterocycles. The highest BCUT2D eigenvalue weighted by atomic mass is 31.2. The molecule has 0 amide bonds. The molecule has 0 bridgehead atoms. The molecule has 80 valence electrons. The summed E-state index contributed by atoms with van der Waals surface area (Å²) < 4.78 is 28.6. The molecule has 0 aromatic carbocycles. The lowest BCUT2D eigenvalue weighted by atomic mass is 10.6. The summed E-state index contributed by atoms with van der Waals surface area (Å²) in [4.78, 5) is 0. The number of hydrogen-bond donors (Lipinski definition) is 0. The van der Waals surface area contributed by atoms with Crippen molar-refractivity contribution in [1.29, 1.82) is 0 Å². The topological polar surface area (TPSA) is 43.4 Å². The van der Waals surface area contributed by atoms with E-state index in [9.17, 15) is 9.13 Å². The summed E-state index contributed by atoms with van der Waals surface area (Å²) >= 11 is 0. The van der Waals surface area contributed by atoms with Gasteiger partial charge in [-0.15, -0.1) is 0 Å². The van der Waals surface area contributed by atoms with Crippen molar-refractivity contribution >= 4 is 14.7 Å². The van der Waals surface area contributed by atoms with Crippen molar-refractivity contribution in [3.05, 3.63) is 0 Å². The normalized spacial score (nSPS) is 20.6. The molecule has 0 spiro atoms. The smallest absolute Gasteiger partial charge is 0.205 e. The van der Waals surface area contributed by atoms with Gasteiger partial charge in [-0.2, -0.15) is 0 Å². The largest absolute Gasteiger partial charge is 0.293 e. The van der Waals surface area contributed by atoms with Crippen LogP contribution in [-0.4, -0.2) is 25.7 Å². The fourth-order valence-electron chi connectivity index (χ4n) is 1.26. The highest BCUT2D eigenvalue weighted by molar-refractivity contribution is 7.71. The first-order valence-corrected chi connectivity index (χ1v) is 9.19. The number of rotatable bonds is 6. The molecular formula is C8H20O3P2. The van der Waals surface area contributed by atoms with Crippen molar-refractivity contribution in [1.82, 2.24) is 0 Å². The van der Waals surface area contributed by atoms with Gasteiger partial charge >= 0.3 is 0 Å². The van der Waals surface area contributed by atoms with E-state index in [0.29, 0.717) is 12.3 Å². The van der Waals surface area contributed by atoms with E-state index in [0.717, 1.165) is 12.8 Å². The average Bonchev–Trinajstić information content (AvgIpc) is 1.82. The summed E-state index contributed by atoms with van der Waals surface area (Å²) in [6, 6.07) is 0. The molecule has 0 aliphatic rings. The summed E-state index contributed by atoms with van der Waals surface area (Å²) in [6.45, 7) is 7.03. The zero-order chi connectivity index (χ0) is 10.5. The fourth-order valence-corrected chi connectivity index (χ4v) is 6.46. The van der Waals surface area contributed by atoms with Gasteiger partial charge in [0, 0.05) is 25.7 Å². The van der Waals surface area contributed by atoms with Crippen LogP contribution < -0.4 is 0 Å². The highest BCUT2D eigenvalue weighted by Crippen LogP contribution is 2.60. The molecule has 0 rings (SSSR count). The minimum Gasteiger partial charge on any atom is -0.293 e. The van der Waals surface area contributed by atoms with Gasteiger partial charge < -0.3 is 0 Å². The molecule has 0 aromatic rings. The maximum atomic E-state index is 11.7. The third-order valence-electron chi connectivity index (χ3n) is 1.61. The second-order valence-electron chi connectivity index (χ2n) is 3.56. The van der Waals surface area contributed by atoms with E-state index in [1.54, 1.807) is 13.3 Å². The van der Waals surface area contributed by atoms with E-state index in [4.69, 9.17) is 4.31 Å². The zero-order valence-electron chi connectivity index (χ0n) is 8.95. The van der Waals surface area contributed by atoms with Crippen LogP contribution in [0.4, 0.5) is 0 Å². The SMILES string of the molecule is CCCP(C)(=O)OP(C)(=O)CCC. The Kier molecular flexibility index (Phi) is 5.51. The van der Waals surface area contributed by atoms with E-state index < -0.39 is 14.7 Å². The van der Waals surface area contributed by atoms with Crippen LogP contribution in [0.5, 0.6) is 0 Å². The average molecular weight is 226 g/mol. The van der Waals surface area contributed by atoms with Crippen LogP contribution in [0, 0.1) is 0 Å². The van der Waals surface area contributed by atoms with Crippen LogP contribution in [-0.2, 0) is 13.4 Å². The van der Waals surface area contributed by atoms with Crippen LogP contribution in [0.15, 0.2) is 0 Å². The van der Waals surface area contributed by atoms with Gasteiger partial charge in [-0.1, -0.05) is 13.8 Å². The van der Waals surface area contributed by atoms with Crippen molar-refractivity contribution < 1.29 is 13.4 Å². The summed E-state index contributed by atoms with van der Waals surface area (Å²) in [6.07, 6.45) is 2.66. The van der Waals surface area contributed by atoms with Gasteiger partial charge in [0.2, 0.25) is 14.7 Å². The summed E-state index contributed by atoms with van der Waals surface area (Å²) in [5, 5.41) is 0. The Morgan fingerprint density at radius 1 is 0.923 bits per heavy atom. The Balaban J connectivity index is 4.25. The second-order valence-corrected chi connectivity index (χ2v) is 9.16. The molecule has 0 N–H and O–H groups in total. The standard InChI is InChI=1S/C8H20O3P2/c1-5-7-12(3,9)11-13(4,10)8-6-2/h5-8H2,1-4H3. The van der Waals surface area contributed by atoms with E-state index in [-0.39, 0.29) is 0 Å². The zero-order valence-corrected chi connectivity index (χ0v) is 10.7. The molecule has 0 heterocycles. The highest BCUT2D eigenvalue weighted by Gasteiger charge is 2.25. The quantitative estimate of drug-likeness (QED) is 0.649. The van der Waals surface area contributed by atoms with Crippen LogP contribution in [0.2, 0.25) is 0 Å². The van der Waals surface area contributed by atoms with Crippen LogP contribution in [0.25, 0.3) is 0 Å². The van der Waals surface area contributed by atoms with Gasteiger partial charge in [-0.05, 0) is 12.8 Å². The maximum absolute atomic E-state index is 11.7. The molecule has 0 aliphatic heterocycles. The van der Waals surface area contributed by atoms with Crippen molar-refractivity contribution in [2.45, 2.75) is 26.7 Å². The van der Waals surface area contributed by atoms with Gasteiger partial charge in [-0.25, -0.2) is 0 Å². The molecule has 0 aliphatic carbocycles. The van der Waals surface area contributed by atoms with Gasteiger partial charge in [0.05, 0.1) is 0 Å². The molecule has 0 aromatic heterocycles. The predicted molar refractivity (Wildman–Crippen MR) is 58.5 cm³/mol. The predicted octanol–water partition coefficient (Wildman–Crippen LogP) is 3.64. The van der Waals surface area contributed by atoms with Crippen LogP contribution in [0.1, 0.15) is 26.7 Å². The van der Waals surface area contributed by atoms with Crippen molar-refractivity contribution in [3.8, 4) is 0 Å².